The number of pyridine rings is 1. The Morgan fingerprint density at radius 1 is 1.09 bits per heavy atom. The third-order valence-electron chi connectivity index (χ3n) is 7.71. The molecule has 1 spiro atoms. The van der Waals surface area contributed by atoms with Crippen molar-refractivity contribution in [3.63, 3.8) is 0 Å². The Morgan fingerprint density at radius 2 is 1.81 bits per heavy atom. The maximum Gasteiger partial charge on any atom is 0.250 e. The highest BCUT2D eigenvalue weighted by Gasteiger charge is 2.49. The standard InChI is InChI=1S/C26H34N4O2/c1-29(2)26(20-8-4-3-5-9-20)14-12-25(13-15-26)18-23(31)30(19-25)17-7-11-22-21(24(27)32)10-6-16-28-22/h3-6,8-10,16H,7,11-15,17-19H2,1-2H3,(H2,27,32). The van der Waals surface area contributed by atoms with E-state index in [9.17, 15) is 9.59 Å². The third kappa shape index (κ3) is 4.29. The number of nitrogens with zero attached hydrogens (tertiary/aromatic N) is 3. The summed E-state index contributed by atoms with van der Waals surface area (Å²) in [6.45, 7) is 1.54. The number of amides is 2. The zero-order valence-corrected chi connectivity index (χ0v) is 19.2. The minimum atomic E-state index is -0.450. The average molecular weight is 435 g/mol. The van der Waals surface area contributed by atoms with E-state index >= 15 is 0 Å². The SMILES string of the molecule is CN(C)C1(c2ccccc2)CCC2(CC1)CC(=O)N(CCCc1ncccc1C(N)=O)C2. The Kier molecular flexibility index (Phi) is 6.33. The van der Waals surface area contributed by atoms with Gasteiger partial charge in [-0.1, -0.05) is 30.3 Å². The quantitative estimate of drug-likeness (QED) is 0.725. The highest BCUT2D eigenvalue weighted by Crippen LogP contribution is 2.52. The molecule has 0 atom stereocenters. The average Bonchev–Trinajstić information content (AvgIpc) is 3.10. The van der Waals surface area contributed by atoms with Gasteiger partial charge in [-0.2, -0.15) is 0 Å². The Bertz CT molecular complexity index is 965. The van der Waals surface area contributed by atoms with Crippen LogP contribution in [0.1, 0.15) is 60.1 Å². The lowest BCUT2D eigenvalue weighted by atomic mass is 9.64. The maximum absolute atomic E-state index is 12.9. The fraction of sp³-hybridized carbons (Fsp3) is 0.500. The highest BCUT2D eigenvalue weighted by atomic mass is 16.2. The van der Waals surface area contributed by atoms with Crippen LogP contribution < -0.4 is 5.73 Å². The number of aryl methyl sites for hydroxylation is 1. The molecule has 1 aromatic heterocycles. The summed E-state index contributed by atoms with van der Waals surface area (Å²) in [7, 11) is 4.35. The van der Waals surface area contributed by atoms with Crippen molar-refractivity contribution in [3.05, 3.63) is 65.5 Å². The summed E-state index contributed by atoms with van der Waals surface area (Å²) in [5.74, 6) is -0.187. The van der Waals surface area contributed by atoms with E-state index in [-0.39, 0.29) is 16.9 Å². The number of rotatable bonds is 7. The van der Waals surface area contributed by atoms with E-state index in [1.165, 1.54) is 5.56 Å². The first-order chi connectivity index (χ1) is 15.4. The van der Waals surface area contributed by atoms with Crippen LogP contribution in [0.2, 0.25) is 0 Å². The second kappa shape index (κ2) is 9.02. The molecule has 32 heavy (non-hydrogen) atoms. The summed E-state index contributed by atoms with van der Waals surface area (Å²) >= 11 is 0. The molecular weight excluding hydrogens is 400 g/mol. The molecule has 170 valence electrons. The molecule has 0 radical (unpaired) electrons. The van der Waals surface area contributed by atoms with E-state index in [0.717, 1.165) is 44.3 Å². The second-order valence-corrected chi connectivity index (χ2v) is 9.75. The van der Waals surface area contributed by atoms with Gasteiger partial charge in [0, 0.05) is 31.2 Å². The van der Waals surface area contributed by atoms with Crippen LogP contribution in [0.25, 0.3) is 0 Å². The number of benzene rings is 1. The molecule has 1 saturated heterocycles. The molecule has 4 rings (SSSR count). The van der Waals surface area contributed by atoms with Gasteiger partial charge in [0.05, 0.1) is 11.3 Å². The Labute approximate surface area is 190 Å². The molecule has 2 aliphatic rings. The van der Waals surface area contributed by atoms with Crippen molar-refractivity contribution >= 4 is 11.8 Å². The first-order valence-electron chi connectivity index (χ1n) is 11.6. The van der Waals surface area contributed by atoms with Gasteiger partial charge in [-0.15, -0.1) is 0 Å². The Balaban J connectivity index is 1.37. The second-order valence-electron chi connectivity index (χ2n) is 9.75. The van der Waals surface area contributed by atoms with E-state index < -0.39 is 5.91 Å². The molecule has 6 heteroatoms. The summed E-state index contributed by atoms with van der Waals surface area (Å²) in [5, 5.41) is 0. The Hall–Kier alpha value is -2.73. The van der Waals surface area contributed by atoms with Gasteiger partial charge in [0.25, 0.3) is 5.91 Å². The number of aromatic nitrogens is 1. The molecule has 2 aromatic rings. The molecule has 2 fully saturated rings. The lowest BCUT2D eigenvalue weighted by Crippen LogP contribution is -2.47. The van der Waals surface area contributed by atoms with Crippen molar-refractivity contribution in [2.24, 2.45) is 11.1 Å². The molecule has 6 nitrogen and oxygen atoms in total. The lowest BCUT2D eigenvalue weighted by Gasteiger charge is -2.48. The van der Waals surface area contributed by atoms with E-state index in [0.29, 0.717) is 24.9 Å². The minimum absolute atomic E-state index is 0.0487. The molecule has 2 amide bonds. The molecule has 2 N–H and O–H groups in total. The van der Waals surface area contributed by atoms with E-state index in [1.807, 2.05) is 4.90 Å². The Morgan fingerprint density at radius 3 is 2.47 bits per heavy atom. The zero-order chi connectivity index (χ0) is 22.8. The monoisotopic (exact) mass is 434 g/mol. The van der Waals surface area contributed by atoms with Crippen LogP contribution in [0.5, 0.6) is 0 Å². The van der Waals surface area contributed by atoms with E-state index in [1.54, 1.807) is 18.3 Å². The number of carbonyl (C=O) groups excluding carboxylic acids is 2. The number of likely N-dealkylation sites (tertiary alicyclic amines) is 1. The zero-order valence-electron chi connectivity index (χ0n) is 19.2. The summed E-state index contributed by atoms with van der Waals surface area (Å²) in [6, 6.07) is 14.2. The van der Waals surface area contributed by atoms with Crippen molar-refractivity contribution < 1.29 is 9.59 Å². The third-order valence-corrected chi connectivity index (χ3v) is 7.71. The number of hydrogen-bond acceptors (Lipinski definition) is 4. The van der Waals surface area contributed by atoms with Crippen LogP contribution >= 0.6 is 0 Å². The summed E-state index contributed by atoms with van der Waals surface area (Å²) < 4.78 is 0. The largest absolute Gasteiger partial charge is 0.366 e. The van der Waals surface area contributed by atoms with Crippen LogP contribution in [-0.4, -0.2) is 53.8 Å². The van der Waals surface area contributed by atoms with Gasteiger partial charge in [-0.25, -0.2) is 0 Å². The van der Waals surface area contributed by atoms with Gasteiger partial charge in [0.2, 0.25) is 5.91 Å². The predicted molar refractivity (Wildman–Crippen MR) is 125 cm³/mol. The smallest absolute Gasteiger partial charge is 0.250 e. The van der Waals surface area contributed by atoms with Crippen molar-refractivity contribution in [1.82, 2.24) is 14.8 Å². The molecule has 1 aliphatic carbocycles. The lowest BCUT2D eigenvalue weighted by molar-refractivity contribution is -0.127. The first-order valence-corrected chi connectivity index (χ1v) is 11.6. The van der Waals surface area contributed by atoms with Crippen LogP contribution in [0.4, 0.5) is 0 Å². The van der Waals surface area contributed by atoms with Gasteiger partial charge in [0.1, 0.15) is 0 Å². The van der Waals surface area contributed by atoms with Crippen LogP contribution in [0.3, 0.4) is 0 Å². The first kappa shape index (κ1) is 22.5. The van der Waals surface area contributed by atoms with Gasteiger partial charge in [0.15, 0.2) is 0 Å². The summed E-state index contributed by atoms with van der Waals surface area (Å²) in [6.07, 6.45) is 8.04. The fourth-order valence-electron chi connectivity index (χ4n) is 5.76. The minimum Gasteiger partial charge on any atom is -0.366 e. The fourth-order valence-corrected chi connectivity index (χ4v) is 5.76. The summed E-state index contributed by atoms with van der Waals surface area (Å²) in [4.78, 5) is 33.2. The number of hydrogen-bond donors (Lipinski definition) is 1. The van der Waals surface area contributed by atoms with Crippen molar-refractivity contribution in [2.45, 2.75) is 50.5 Å². The van der Waals surface area contributed by atoms with Crippen LogP contribution in [0, 0.1) is 5.41 Å². The highest BCUT2D eigenvalue weighted by molar-refractivity contribution is 5.93. The van der Waals surface area contributed by atoms with Gasteiger partial charge in [-0.05, 0) is 75.7 Å². The van der Waals surface area contributed by atoms with Gasteiger partial charge < -0.3 is 10.6 Å². The number of nitrogens with two attached hydrogens (primary N) is 1. The summed E-state index contributed by atoms with van der Waals surface area (Å²) in [5.41, 5.74) is 8.18. The molecule has 1 saturated carbocycles. The topological polar surface area (TPSA) is 79.5 Å². The van der Waals surface area contributed by atoms with E-state index in [4.69, 9.17) is 5.73 Å². The molecule has 0 unspecified atom stereocenters. The van der Waals surface area contributed by atoms with Crippen LogP contribution in [-0.2, 0) is 16.8 Å². The van der Waals surface area contributed by atoms with Gasteiger partial charge in [-0.3, -0.25) is 19.5 Å². The number of primary amides is 1. The van der Waals surface area contributed by atoms with E-state index in [2.05, 4.69) is 54.3 Å². The molecular formula is C26H34N4O2. The number of carbonyl (C=O) groups is 2. The van der Waals surface area contributed by atoms with Crippen LogP contribution in [0.15, 0.2) is 48.7 Å². The van der Waals surface area contributed by atoms with Crippen molar-refractivity contribution in [1.29, 1.82) is 0 Å². The normalized spacial score (nSPS) is 25.6. The maximum atomic E-state index is 12.9. The molecule has 0 bridgehead atoms. The predicted octanol–water partition coefficient (Wildman–Crippen LogP) is 3.36. The van der Waals surface area contributed by atoms with Gasteiger partial charge >= 0.3 is 0 Å². The van der Waals surface area contributed by atoms with Crippen molar-refractivity contribution in [2.75, 3.05) is 27.2 Å². The molecule has 1 aromatic carbocycles. The van der Waals surface area contributed by atoms with Crippen molar-refractivity contribution in [3.8, 4) is 0 Å². The molecule has 1 aliphatic heterocycles. The molecule has 2 heterocycles.